The molecule has 0 aliphatic carbocycles. The van der Waals surface area contributed by atoms with Crippen molar-refractivity contribution in [2.45, 2.75) is 6.18 Å². The molecule has 2 aromatic rings. The van der Waals surface area contributed by atoms with E-state index in [0.717, 1.165) is 5.69 Å². The van der Waals surface area contributed by atoms with Crippen LogP contribution in [0.4, 0.5) is 30.4 Å². The van der Waals surface area contributed by atoms with E-state index in [1.54, 1.807) is 24.3 Å². The van der Waals surface area contributed by atoms with Crippen molar-refractivity contribution in [3.63, 3.8) is 0 Å². The monoisotopic (exact) mass is 348 g/mol. The van der Waals surface area contributed by atoms with E-state index in [1.165, 1.54) is 11.9 Å². The fraction of sp³-hybridized carbons (Fsp3) is 0.231. The van der Waals surface area contributed by atoms with Crippen molar-refractivity contribution in [2.75, 3.05) is 22.9 Å². The van der Waals surface area contributed by atoms with Crippen molar-refractivity contribution < 1.29 is 13.2 Å². The van der Waals surface area contributed by atoms with Crippen LogP contribution in [0.5, 0.6) is 0 Å². The number of nitrogens with zero attached hydrogens (tertiary/aromatic N) is 3. The minimum absolute atomic E-state index is 0.258. The van der Waals surface area contributed by atoms with Crippen LogP contribution in [-0.4, -0.2) is 23.3 Å². The molecule has 1 heterocycles. The number of para-hydroxylation sites is 2. The molecule has 0 fully saturated rings. The van der Waals surface area contributed by atoms with Crippen molar-refractivity contribution in [1.29, 1.82) is 0 Å². The van der Waals surface area contributed by atoms with Gasteiger partial charge in [0.1, 0.15) is 11.4 Å². The number of nitrogens with one attached hydrogen (secondary N) is 1. The van der Waals surface area contributed by atoms with Gasteiger partial charge in [0.25, 0.3) is 0 Å². The number of aromatic nitrogens is 2. The highest BCUT2D eigenvalue weighted by Gasteiger charge is 2.35. The van der Waals surface area contributed by atoms with Gasteiger partial charge in [-0.25, -0.2) is 4.98 Å². The number of halogens is 4. The SMILES string of the molecule is CSN(C)c1ccccc1Nc1nc(Cl)ncc1C(F)(F)F. The molecular formula is C13H12ClF3N4S. The summed E-state index contributed by atoms with van der Waals surface area (Å²) < 4.78 is 40.9. The lowest BCUT2D eigenvalue weighted by molar-refractivity contribution is -0.137. The maximum Gasteiger partial charge on any atom is 0.421 e. The van der Waals surface area contributed by atoms with Gasteiger partial charge in [-0.05, 0) is 23.7 Å². The molecule has 0 spiro atoms. The van der Waals surface area contributed by atoms with E-state index in [1.807, 2.05) is 17.6 Å². The third-order valence-electron chi connectivity index (χ3n) is 2.83. The largest absolute Gasteiger partial charge is 0.421 e. The third-order valence-corrected chi connectivity index (χ3v) is 3.76. The summed E-state index contributed by atoms with van der Waals surface area (Å²) in [4.78, 5) is 7.06. The molecule has 0 aliphatic rings. The van der Waals surface area contributed by atoms with Gasteiger partial charge < -0.3 is 9.62 Å². The quantitative estimate of drug-likeness (QED) is 0.645. The van der Waals surface area contributed by atoms with Gasteiger partial charge in [0.15, 0.2) is 0 Å². The van der Waals surface area contributed by atoms with Crippen molar-refractivity contribution in [1.82, 2.24) is 9.97 Å². The summed E-state index contributed by atoms with van der Waals surface area (Å²) >= 11 is 7.05. The Hall–Kier alpha value is -1.67. The minimum atomic E-state index is -4.58. The molecule has 1 aromatic carbocycles. The first-order valence-corrected chi connectivity index (χ1v) is 7.62. The topological polar surface area (TPSA) is 41.0 Å². The second-order valence-electron chi connectivity index (χ2n) is 4.22. The fourth-order valence-electron chi connectivity index (χ4n) is 1.74. The van der Waals surface area contributed by atoms with Gasteiger partial charge in [0, 0.05) is 19.5 Å². The van der Waals surface area contributed by atoms with Crippen molar-refractivity contribution in [2.24, 2.45) is 0 Å². The second-order valence-corrected chi connectivity index (χ2v) is 5.47. The summed E-state index contributed by atoms with van der Waals surface area (Å²) in [5, 5.41) is 2.44. The Balaban J connectivity index is 2.46. The molecule has 0 amide bonds. The molecule has 0 bridgehead atoms. The lowest BCUT2D eigenvalue weighted by atomic mass is 10.2. The van der Waals surface area contributed by atoms with Gasteiger partial charge in [0.05, 0.1) is 11.4 Å². The van der Waals surface area contributed by atoms with E-state index >= 15 is 0 Å². The van der Waals surface area contributed by atoms with Crippen molar-refractivity contribution in [3.8, 4) is 0 Å². The van der Waals surface area contributed by atoms with Crippen LogP contribution in [-0.2, 0) is 6.18 Å². The number of alkyl halides is 3. The number of hydrogen-bond donors (Lipinski definition) is 1. The summed E-state index contributed by atoms with van der Waals surface area (Å²) in [6.45, 7) is 0. The van der Waals surface area contributed by atoms with E-state index in [2.05, 4.69) is 15.3 Å². The second kappa shape index (κ2) is 6.62. The Morgan fingerprint density at radius 3 is 2.59 bits per heavy atom. The molecule has 1 N–H and O–H groups in total. The first kappa shape index (κ1) is 16.7. The Labute approximate surface area is 134 Å². The van der Waals surface area contributed by atoms with E-state index in [4.69, 9.17) is 11.6 Å². The van der Waals surface area contributed by atoms with Crippen LogP contribution in [0.2, 0.25) is 5.28 Å². The summed E-state index contributed by atoms with van der Waals surface area (Å²) in [5.74, 6) is -0.380. The third kappa shape index (κ3) is 3.75. The Morgan fingerprint density at radius 1 is 1.27 bits per heavy atom. The van der Waals surface area contributed by atoms with E-state index in [9.17, 15) is 13.2 Å². The first-order chi connectivity index (χ1) is 10.3. The summed E-state index contributed by atoms with van der Waals surface area (Å²) in [6.07, 6.45) is -2.05. The fourth-order valence-corrected chi connectivity index (χ4v) is 2.23. The molecule has 4 nitrogen and oxygen atoms in total. The Morgan fingerprint density at radius 2 is 1.95 bits per heavy atom. The van der Waals surface area contributed by atoms with Crippen LogP contribution in [0, 0.1) is 0 Å². The van der Waals surface area contributed by atoms with Crippen LogP contribution in [0.25, 0.3) is 0 Å². The Bertz CT molecular complexity index is 666. The van der Waals surface area contributed by atoms with Gasteiger partial charge in [-0.15, -0.1) is 0 Å². The predicted octanol–water partition coefficient (Wildman–Crippen LogP) is 4.61. The molecule has 118 valence electrons. The number of rotatable bonds is 4. The lowest BCUT2D eigenvalue weighted by Crippen LogP contribution is -2.13. The average Bonchev–Trinajstić information content (AvgIpc) is 2.46. The molecule has 0 unspecified atom stereocenters. The van der Waals surface area contributed by atoms with Gasteiger partial charge >= 0.3 is 6.18 Å². The zero-order chi connectivity index (χ0) is 16.3. The molecular weight excluding hydrogens is 337 g/mol. The zero-order valence-corrected chi connectivity index (χ0v) is 13.2. The normalized spacial score (nSPS) is 11.4. The van der Waals surface area contributed by atoms with Crippen molar-refractivity contribution in [3.05, 3.63) is 41.3 Å². The van der Waals surface area contributed by atoms with E-state index in [0.29, 0.717) is 11.9 Å². The van der Waals surface area contributed by atoms with Crippen LogP contribution in [0.3, 0.4) is 0 Å². The highest BCUT2D eigenvalue weighted by Crippen LogP contribution is 2.37. The molecule has 1 aromatic heterocycles. The average molecular weight is 349 g/mol. The number of anilines is 3. The summed E-state index contributed by atoms with van der Waals surface area (Å²) in [5.41, 5.74) is 0.232. The first-order valence-electron chi connectivity index (χ1n) is 6.06. The molecule has 0 aliphatic heterocycles. The van der Waals surface area contributed by atoms with Crippen molar-refractivity contribution >= 4 is 40.7 Å². The maximum absolute atomic E-state index is 13.0. The van der Waals surface area contributed by atoms with Crippen LogP contribution in [0.1, 0.15) is 5.56 Å². The molecule has 9 heteroatoms. The molecule has 0 saturated heterocycles. The molecule has 22 heavy (non-hydrogen) atoms. The maximum atomic E-state index is 13.0. The van der Waals surface area contributed by atoms with Crippen LogP contribution in [0.15, 0.2) is 30.5 Å². The highest BCUT2D eigenvalue weighted by molar-refractivity contribution is 7.99. The molecule has 0 atom stereocenters. The lowest BCUT2D eigenvalue weighted by Gasteiger charge is -2.21. The number of benzene rings is 1. The van der Waals surface area contributed by atoms with Gasteiger partial charge in [-0.3, -0.25) is 0 Å². The smallest absolute Gasteiger partial charge is 0.338 e. The summed E-state index contributed by atoms with van der Waals surface area (Å²) in [7, 11) is 1.81. The zero-order valence-electron chi connectivity index (χ0n) is 11.6. The Kier molecular flexibility index (Phi) is 5.02. The predicted molar refractivity (Wildman–Crippen MR) is 83.7 cm³/mol. The standard InChI is InChI=1S/C13H12ClF3N4S/c1-21(22-2)10-6-4-3-5-9(10)19-11-8(13(15,16)17)7-18-12(14)20-11/h3-7H,1-2H3,(H,18,19,20). The number of hydrogen-bond acceptors (Lipinski definition) is 5. The van der Waals surface area contributed by atoms with Gasteiger partial charge in [-0.1, -0.05) is 24.1 Å². The van der Waals surface area contributed by atoms with Crippen LogP contribution >= 0.6 is 23.5 Å². The van der Waals surface area contributed by atoms with E-state index < -0.39 is 11.7 Å². The summed E-state index contributed by atoms with van der Waals surface area (Å²) in [6, 6.07) is 6.97. The molecule has 0 saturated carbocycles. The van der Waals surface area contributed by atoms with Crippen LogP contribution < -0.4 is 9.62 Å². The van der Waals surface area contributed by atoms with Gasteiger partial charge in [0.2, 0.25) is 5.28 Å². The van der Waals surface area contributed by atoms with Gasteiger partial charge in [-0.2, -0.15) is 18.2 Å². The molecule has 0 radical (unpaired) electrons. The molecule has 2 rings (SSSR count). The minimum Gasteiger partial charge on any atom is -0.338 e. The highest BCUT2D eigenvalue weighted by atomic mass is 35.5. The van der Waals surface area contributed by atoms with E-state index in [-0.39, 0.29) is 11.1 Å².